The Morgan fingerprint density at radius 3 is 2.93 bits per heavy atom. The first kappa shape index (κ1) is 17.5. The minimum Gasteiger partial charge on any atom is -0.379 e. The van der Waals surface area contributed by atoms with Gasteiger partial charge >= 0.3 is 5.69 Å². The fraction of sp³-hybridized carbons (Fsp3) is 0.312. The van der Waals surface area contributed by atoms with Gasteiger partial charge in [-0.3, -0.25) is 15.0 Å². The third-order valence-electron chi connectivity index (χ3n) is 4.22. The minimum absolute atomic E-state index is 0.0279. The van der Waals surface area contributed by atoms with Crippen LogP contribution in [-0.4, -0.2) is 51.1 Å². The molecule has 1 aromatic carbocycles. The first-order valence-corrected chi connectivity index (χ1v) is 9.13. The first-order chi connectivity index (χ1) is 13.1. The molecule has 0 saturated carbocycles. The van der Waals surface area contributed by atoms with Crippen molar-refractivity contribution in [2.24, 2.45) is 0 Å². The SMILES string of the molecule is Nc1ncnc(Nc2nc3ccc(CN4CCOCC4)cc3s2)c1[N+](=O)[O-]. The standard InChI is InChI=1S/C16H17N7O3S/c17-14-13(23(24)25)15(19-9-18-14)21-16-20-11-2-1-10(7-12(11)27-16)8-22-3-5-26-6-4-22/h1-2,7,9H,3-6,8H2,(H3,17,18,19,20,21). The van der Waals surface area contributed by atoms with Crippen LogP contribution in [0, 0.1) is 10.1 Å². The van der Waals surface area contributed by atoms with Crippen LogP contribution >= 0.6 is 11.3 Å². The summed E-state index contributed by atoms with van der Waals surface area (Å²) in [6, 6.07) is 6.10. The number of ether oxygens (including phenoxy) is 1. The summed E-state index contributed by atoms with van der Waals surface area (Å²) in [7, 11) is 0. The van der Waals surface area contributed by atoms with Gasteiger partial charge in [0.05, 0.1) is 28.4 Å². The molecular formula is C16H17N7O3S. The number of nitrogens with zero attached hydrogens (tertiary/aromatic N) is 5. The van der Waals surface area contributed by atoms with E-state index in [4.69, 9.17) is 10.5 Å². The number of morpholine rings is 1. The van der Waals surface area contributed by atoms with Gasteiger partial charge in [0.1, 0.15) is 6.33 Å². The Kier molecular flexibility index (Phi) is 4.79. The highest BCUT2D eigenvalue weighted by molar-refractivity contribution is 7.22. The summed E-state index contributed by atoms with van der Waals surface area (Å²) in [6.45, 7) is 4.22. The molecule has 1 aliphatic heterocycles. The van der Waals surface area contributed by atoms with Gasteiger partial charge in [0.25, 0.3) is 0 Å². The maximum Gasteiger partial charge on any atom is 0.353 e. The van der Waals surface area contributed by atoms with Crippen LogP contribution in [0.5, 0.6) is 0 Å². The number of thiazole rings is 1. The van der Waals surface area contributed by atoms with E-state index in [1.807, 2.05) is 12.1 Å². The van der Waals surface area contributed by atoms with Gasteiger partial charge < -0.3 is 15.8 Å². The maximum absolute atomic E-state index is 11.2. The van der Waals surface area contributed by atoms with E-state index >= 15 is 0 Å². The summed E-state index contributed by atoms with van der Waals surface area (Å²) in [5.41, 5.74) is 7.25. The van der Waals surface area contributed by atoms with Crippen LogP contribution in [0.25, 0.3) is 10.2 Å². The van der Waals surface area contributed by atoms with Crippen molar-refractivity contribution < 1.29 is 9.66 Å². The summed E-state index contributed by atoms with van der Waals surface area (Å²) in [4.78, 5) is 25.0. The number of fused-ring (bicyclic) bond motifs is 1. The summed E-state index contributed by atoms with van der Waals surface area (Å²) < 4.78 is 6.37. The van der Waals surface area contributed by atoms with Crippen molar-refractivity contribution >= 4 is 44.0 Å². The molecule has 11 heteroatoms. The maximum atomic E-state index is 11.2. The van der Waals surface area contributed by atoms with E-state index < -0.39 is 4.92 Å². The van der Waals surface area contributed by atoms with Crippen LogP contribution in [0.4, 0.5) is 22.5 Å². The Balaban J connectivity index is 1.57. The zero-order valence-corrected chi connectivity index (χ0v) is 15.1. The van der Waals surface area contributed by atoms with Gasteiger partial charge in [-0.1, -0.05) is 17.4 Å². The largest absolute Gasteiger partial charge is 0.379 e. The normalized spacial score (nSPS) is 15.1. The van der Waals surface area contributed by atoms with E-state index in [9.17, 15) is 10.1 Å². The molecule has 1 aliphatic rings. The molecule has 3 N–H and O–H groups in total. The average molecular weight is 387 g/mol. The summed E-state index contributed by atoms with van der Waals surface area (Å²) in [5, 5.41) is 14.6. The number of hydrogen-bond donors (Lipinski definition) is 2. The highest BCUT2D eigenvalue weighted by atomic mass is 32.1. The van der Waals surface area contributed by atoms with Crippen molar-refractivity contribution in [2.45, 2.75) is 6.54 Å². The van der Waals surface area contributed by atoms with E-state index in [2.05, 4.69) is 31.2 Å². The smallest absolute Gasteiger partial charge is 0.353 e. The zero-order valence-electron chi connectivity index (χ0n) is 14.3. The molecule has 4 rings (SSSR count). The highest BCUT2D eigenvalue weighted by Gasteiger charge is 2.22. The van der Waals surface area contributed by atoms with Crippen LogP contribution in [0.3, 0.4) is 0 Å². The number of benzene rings is 1. The molecule has 0 spiro atoms. The van der Waals surface area contributed by atoms with E-state index in [-0.39, 0.29) is 17.3 Å². The topological polar surface area (TPSA) is 132 Å². The molecule has 3 heterocycles. The molecule has 1 saturated heterocycles. The Labute approximate surface area is 158 Å². The lowest BCUT2D eigenvalue weighted by atomic mass is 10.2. The quantitative estimate of drug-likeness (QED) is 0.499. The summed E-state index contributed by atoms with van der Waals surface area (Å²) in [5.74, 6) is -0.161. The Morgan fingerprint density at radius 2 is 2.15 bits per heavy atom. The van der Waals surface area contributed by atoms with Crippen LogP contribution in [-0.2, 0) is 11.3 Å². The van der Waals surface area contributed by atoms with Crippen molar-refractivity contribution in [3.05, 3.63) is 40.2 Å². The number of nitrogens with two attached hydrogens (primary N) is 1. The fourth-order valence-electron chi connectivity index (χ4n) is 2.90. The van der Waals surface area contributed by atoms with Gasteiger partial charge in [-0.2, -0.15) is 0 Å². The third-order valence-corrected chi connectivity index (χ3v) is 5.15. The number of nitrogens with one attached hydrogen (secondary N) is 1. The summed E-state index contributed by atoms with van der Waals surface area (Å²) >= 11 is 1.41. The minimum atomic E-state index is -0.606. The van der Waals surface area contributed by atoms with Crippen molar-refractivity contribution in [3.8, 4) is 0 Å². The van der Waals surface area contributed by atoms with E-state index in [1.165, 1.54) is 23.2 Å². The first-order valence-electron chi connectivity index (χ1n) is 8.31. The van der Waals surface area contributed by atoms with Crippen molar-refractivity contribution in [3.63, 3.8) is 0 Å². The highest BCUT2D eigenvalue weighted by Crippen LogP contribution is 2.33. The fourth-order valence-corrected chi connectivity index (χ4v) is 3.83. The lowest BCUT2D eigenvalue weighted by Crippen LogP contribution is -2.35. The molecule has 2 aromatic heterocycles. The van der Waals surface area contributed by atoms with Crippen LogP contribution in [0.2, 0.25) is 0 Å². The van der Waals surface area contributed by atoms with E-state index in [1.54, 1.807) is 0 Å². The molecule has 0 bridgehead atoms. The van der Waals surface area contributed by atoms with Gasteiger partial charge in [-0.05, 0) is 17.7 Å². The van der Waals surface area contributed by atoms with Gasteiger partial charge in [0, 0.05) is 19.6 Å². The second kappa shape index (κ2) is 7.39. The van der Waals surface area contributed by atoms with Crippen molar-refractivity contribution in [1.29, 1.82) is 0 Å². The second-order valence-corrected chi connectivity index (χ2v) is 7.08. The third kappa shape index (κ3) is 3.79. The molecule has 0 radical (unpaired) electrons. The molecule has 27 heavy (non-hydrogen) atoms. The van der Waals surface area contributed by atoms with Gasteiger partial charge in [-0.15, -0.1) is 0 Å². The summed E-state index contributed by atoms with van der Waals surface area (Å²) in [6.07, 6.45) is 1.18. The van der Waals surface area contributed by atoms with Crippen LogP contribution in [0.1, 0.15) is 5.56 Å². The van der Waals surface area contributed by atoms with Crippen LogP contribution < -0.4 is 11.1 Å². The van der Waals surface area contributed by atoms with Gasteiger partial charge in [0.2, 0.25) is 11.6 Å². The van der Waals surface area contributed by atoms with Crippen molar-refractivity contribution in [2.75, 3.05) is 37.4 Å². The number of anilines is 3. The molecule has 0 aliphatic carbocycles. The number of hydrogen-bond acceptors (Lipinski definition) is 10. The van der Waals surface area contributed by atoms with E-state index in [0.29, 0.717) is 5.13 Å². The Bertz CT molecular complexity index is 987. The molecular weight excluding hydrogens is 370 g/mol. The number of aromatic nitrogens is 3. The Morgan fingerprint density at radius 1 is 1.33 bits per heavy atom. The molecule has 140 valence electrons. The van der Waals surface area contributed by atoms with Gasteiger partial charge in [0.15, 0.2) is 5.13 Å². The molecule has 0 amide bonds. The molecule has 0 unspecified atom stereocenters. The zero-order chi connectivity index (χ0) is 18.8. The predicted molar refractivity (Wildman–Crippen MR) is 102 cm³/mol. The number of nitro groups is 1. The lowest BCUT2D eigenvalue weighted by molar-refractivity contribution is -0.383. The monoisotopic (exact) mass is 387 g/mol. The molecule has 10 nitrogen and oxygen atoms in total. The van der Waals surface area contributed by atoms with Gasteiger partial charge in [-0.25, -0.2) is 15.0 Å². The lowest BCUT2D eigenvalue weighted by Gasteiger charge is -2.26. The molecule has 1 fully saturated rings. The predicted octanol–water partition coefficient (Wildman–Crippen LogP) is 2.15. The number of nitrogen functional groups attached to an aromatic ring is 1. The van der Waals surface area contributed by atoms with E-state index in [0.717, 1.165) is 43.1 Å². The number of rotatable bonds is 5. The van der Waals surface area contributed by atoms with Crippen molar-refractivity contribution in [1.82, 2.24) is 19.9 Å². The second-order valence-electron chi connectivity index (χ2n) is 6.05. The molecule has 0 atom stereocenters. The average Bonchev–Trinajstić information content (AvgIpc) is 3.04. The Hall–Kier alpha value is -2.89. The molecule has 3 aromatic rings. The van der Waals surface area contributed by atoms with Crippen LogP contribution in [0.15, 0.2) is 24.5 Å².